The highest BCUT2D eigenvalue weighted by Gasteiger charge is 2.28. The summed E-state index contributed by atoms with van der Waals surface area (Å²) in [5.41, 5.74) is 1.01. The lowest BCUT2D eigenvalue weighted by Gasteiger charge is -2.17. The maximum Gasteiger partial charge on any atom is 0.244 e. The van der Waals surface area contributed by atoms with Gasteiger partial charge in [-0.2, -0.15) is 16.5 Å². The summed E-state index contributed by atoms with van der Waals surface area (Å²) < 4.78 is 41.6. The number of fused-ring (bicyclic) bond motifs is 1. The zero-order valence-corrected chi connectivity index (χ0v) is 18.7. The van der Waals surface area contributed by atoms with E-state index in [0.717, 1.165) is 31.0 Å². The van der Waals surface area contributed by atoms with Gasteiger partial charge in [0.2, 0.25) is 15.9 Å². The highest BCUT2D eigenvalue weighted by Crippen LogP contribution is 2.32. The molecule has 29 heavy (non-hydrogen) atoms. The van der Waals surface area contributed by atoms with Crippen LogP contribution in [0.3, 0.4) is 0 Å². The normalized spacial score (nSPS) is 17.6. The molecule has 0 radical (unpaired) electrons. The average molecular weight is 458 g/mol. The van der Waals surface area contributed by atoms with Gasteiger partial charge < -0.3 is 5.32 Å². The molecule has 1 aromatic heterocycles. The van der Waals surface area contributed by atoms with Crippen molar-refractivity contribution in [1.29, 1.82) is 0 Å². The number of anilines is 1. The molecule has 1 aliphatic rings. The standard InChI is InChI=1S/C19H24FN3O3S3/c1-12-7-8-14-16(11-12)28-19(21-14)22-18(24)15(9-10-27-2)23-29(25,26)17-6-4-3-5-13(17)20/h3-6,12,15,23H,7-11H2,1-2H3,(H,21,22,24)/t12-,15+/m0/s1. The Labute approximate surface area is 178 Å². The highest BCUT2D eigenvalue weighted by molar-refractivity contribution is 7.98. The summed E-state index contributed by atoms with van der Waals surface area (Å²) in [5.74, 6) is -0.179. The molecule has 1 amide bonds. The number of aryl methyl sites for hydroxylation is 1. The fraction of sp³-hybridized carbons (Fsp3) is 0.474. The Bertz CT molecular complexity index is 978. The Morgan fingerprint density at radius 3 is 2.90 bits per heavy atom. The number of carbonyl (C=O) groups is 1. The van der Waals surface area contributed by atoms with Crippen LogP contribution in [0.4, 0.5) is 9.52 Å². The lowest BCUT2D eigenvalue weighted by molar-refractivity contribution is -0.117. The number of aromatic nitrogens is 1. The number of amides is 1. The number of benzene rings is 1. The molecule has 0 bridgehead atoms. The topological polar surface area (TPSA) is 88.2 Å². The molecule has 1 aromatic carbocycles. The van der Waals surface area contributed by atoms with Gasteiger partial charge in [-0.15, -0.1) is 11.3 Å². The van der Waals surface area contributed by atoms with Crippen LogP contribution in [0.25, 0.3) is 0 Å². The van der Waals surface area contributed by atoms with Crippen molar-refractivity contribution in [2.75, 3.05) is 17.3 Å². The van der Waals surface area contributed by atoms with Gasteiger partial charge in [0.1, 0.15) is 16.8 Å². The van der Waals surface area contributed by atoms with Crippen LogP contribution in [-0.4, -0.2) is 37.4 Å². The van der Waals surface area contributed by atoms with Crippen molar-refractivity contribution in [2.24, 2.45) is 5.92 Å². The first kappa shape index (κ1) is 22.2. The molecule has 0 unspecified atom stereocenters. The minimum absolute atomic E-state index is 0.281. The van der Waals surface area contributed by atoms with Crippen molar-refractivity contribution in [3.8, 4) is 0 Å². The third-order valence-corrected chi connectivity index (χ3v) is 7.95. The first-order valence-corrected chi connectivity index (χ1v) is 13.0. The summed E-state index contributed by atoms with van der Waals surface area (Å²) in [6, 6.07) is 4.09. The number of thiazole rings is 1. The van der Waals surface area contributed by atoms with Gasteiger partial charge in [0, 0.05) is 4.88 Å². The largest absolute Gasteiger partial charge is 0.301 e. The quantitative estimate of drug-likeness (QED) is 0.634. The molecule has 6 nitrogen and oxygen atoms in total. The second-order valence-electron chi connectivity index (χ2n) is 7.11. The van der Waals surface area contributed by atoms with Gasteiger partial charge in [0.15, 0.2) is 5.13 Å². The molecule has 1 heterocycles. The molecule has 2 N–H and O–H groups in total. The van der Waals surface area contributed by atoms with Crippen LogP contribution in [0.2, 0.25) is 0 Å². The average Bonchev–Trinajstić information content (AvgIpc) is 3.06. The number of rotatable bonds is 8. The summed E-state index contributed by atoms with van der Waals surface area (Å²) in [7, 11) is -4.18. The maximum absolute atomic E-state index is 14.0. The number of halogens is 1. The molecule has 10 heteroatoms. The Kier molecular flexibility index (Phi) is 7.31. The summed E-state index contributed by atoms with van der Waals surface area (Å²) in [5, 5.41) is 3.23. The van der Waals surface area contributed by atoms with Gasteiger partial charge in [0.25, 0.3) is 0 Å². The second kappa shape index (κ2) is 9.55. The minimum atomic E-state index is -4.18. The number of sulfonamides is 1. The van der Waals surface area contributed by atoms with Crippen molar-refractivity contribution >= 4 is 44.2 Å². The van der Waals surface area contributed by atoms with Gasteiger partial charge in [-0.25, -0.2) is 17.8 Å². The molecule has 158 valence electrons. The van der Waals surface area contributed by atoms with Gasteiger partial charge >= 0.3 is 0 Å². The Morgan fingerprint density at radius 2 is 2.17 bits per heavy atom. The predicted molar refractivity (Wildman–Crippen MR) is 115 cm³/mol. The lowest BCUT2D eigenvalue weighted by Crippen LogP contribution is -2.44. The van der Waals surface area contributed by atoms with Crippen LogP contribution >= 0.6 is 23.1 Å². The molecule has 0 spiro atoms. The van der Waals surface area contributed by atoms with Crippen molar-refractivity contribution in [3.05, 3.63) is 40.7 Å². The van der Waals surface area contributed by atoms with E-state index in [1.807, 2.05) is 6.26 Å². The number of hydrogen-bond donors (Lipinski definition) is 2. The van der Waals surface area contributed by atoms with E-state index in [4.69, 9.17) is 0 Å². The van der Waals surface area contributed by atoms with Crippen LogP contribution in [0.15, 0.2) is 29.2 Å². The first-order chi connectivity index (χ1) is 13.8. The predicted octanol–water partition coefficient (Wildman–Crippen LogP) is 3.45. The van der Waals surface area contributed by atoms with Gasteiger partial charge in [-0.1, -0.05) is 19.1 Å². The van der Waals surface area contributed by atoms with Crippen LogP contribution in [0, 0.1) is 11.7 Å². The van der Waals surface area contributed by atoms with Gasteiger partial charge in [0.05, 0.1) is 5.69 Å². The number of thioether (sulfide) groups is 1. The number of nitrogens with one attached hydrogen (secondary N) is 2. The second-order valence-corrected chi connectivity index (χ2v) is 10.9. The lowest BCUT2D eigenvalue weighted by atomic mass is 9.93. The van der Waals surface area contributed by atoms with Gasteiger partial charge in [-0.05, 0) is 55.7 Å². The van der Waals surface area contributed by atoms with Crippen molar-refractivity contribution in [1.82, 2.24) is 9.71 Å². The van der Waals surface area contributed by atoms with E-state index in [1.165, 1.54) is 46.2 Å². The Hall–Kier alpha value is -1.49. The van der Waals surface area contributed by atoms with Crippen molar-refractivity contribution in [2.45, 2.75) is 43.5 Å². The third kappa shape index (κ3) is 5.56. The highest BCUT2D eigenvalue weighted by atomic mass is 32.2. The molecule has 2 atom stereocenters. The summed E-state index contributed by atoms with van der Waals surface area (Å²) in [4.78, 5) is 18.0. The number of hydrogen-bond acceptors (Lipinski definition) is 6. The maximum atomic E-state index is 14.0. The summed E-state index contributed by atoms with van der Waals surface area (Å²) in [6.45, 7) is 2.19. The zero-order chi connectivity index (χ0) is 21.0. The first-order valence-electron chi connectivity index (χ1n) is 9.35. The Morgan fingerprint density at radius 1 is 1.41 bits per heavy atom. The molecule has 3 rings (SSSR count). The molecule has 0 saturated carbocycles. The van der Waals surface area contributed by atoms with E-state index < -0.39 is 32.7 Å². The zero-order valence-electron chi connectivity index (χ0n) is 16.3. The number of carbonyl (C=O) groups excluding carboxylic acids is 1. The van der Waals surface area contributed by atoms with E-state index in [1.54, 1.807) is 0 Å². The fourth-order valence-electron chi connectivity index (χ4n) is 3.18. The van der Waals surface area contributed by atoms with E-state index in [2.05, 4.69) is 21.9 Å². The molecule has 0 saturated heterocycles. The molecule has 0 fully saturated rings. The van der Waals surface area contributed by atoms with E-state index in [-0.39, 0.29) is 6.42 Å². The minimum Gasteiger partial charge on any atom is -0.301 e. The van der Waals surface area contributed by atoms with Crippen LogP contribution in [0.1, 0.15) is 30.3 Å². The number of nitrogens with zero attached hydrogens (tertiary/aromatic N) is 1. The van der Waals surface area contributed by atoms with Crippen molar-refractivity contribution in [3.63, 3.8) is 0 Å². The van der Waals surface area contributed by atoms with Gasteiger partial charge in [-0.3, -0.25) is 4.79 Å². The third-order valence-electron chi connectivity index (χ3n) is 4.77. The molecule has 1 aliphatic carbocycles. The molecule has 2 aromatic rings. The van der Waals surface area contributed by atoms with Crippen molar-refractivity contribution < 1.29 is 17.6 Å². The molecule has 0 aliphatic heterocycles. The van der Waals surface area contributed by atoms with Crippen LogP contribution in [0.5, 0.6) is 0 Å². The fourth-order valence-corrected chi connectivity index (χ4v) is 6.13. The molecular weight excluding hydrogens is 433 g/mol. The smallest absolute Gasteiger partial charge is 0.244 e. The van der Waals surface area contributed by atoms with E-state index in [0.29, 0.717) is 16.8 Å². The van der Waals surface area contributed by atoms with E-state index in [9.17, 15) is 17.6 Å². The molecular formula is C19H24FN3O3S3. The monoisotopic (exact) mass is 457 g/mol. The SMILES string of the molecule is CSCC[C@@H](NS(=O)(=O)c1ccccc1F)C(=O)Nc1nc2c(s1)C[C@@H](C)CC2. The summed E-state index contributed by atoms with van der Waals surface area (Å²) >= 11 is 2.94. The summed E-state index contributed by atoms with van der Waals surface area (Å²) in [6.07, 6.45) is 5.06. The van der Waals surface area contributed by atoms with E-state index >= 15 is 0 Å². The van der Waals surface area contributed by atoms with Crippen LogP contribution in [-0.2, 0) is 27.7 Å². The van der Waals surface area contributed by atoms with Crippen LogP contribution < -0.4 is 10.0 Å². The Balaban J connectivity index is 1.76.